The van der Waals surface area contributed by atoms with Crippen LogP contribution in [0.25, 0.3) is 0 Å². The summed E-state index contributed by atoms with van der Waals surface area (Å²) < 4.78 is 22.0. The van der Waals surface area contributed by atoms with E-state index in [1.54, 1.807) is 0 Å². The smallest absolute Gasteiger partial charge is 0.391 e. The molecular weight excluding hydrogens is 599 g/mol. The second-order valence-corrected chi connectivity index (χ2v) is 13.5. The highest BCUT2D eigenvalue weighted by atomic mass is 31.2. The molecular formula is C37H69N2O6P. The summed E-state index contributed by atoms with van der Waals surface area (Å²) in [5.74, 6) is -0.244. The number of unbranched alkanes of at least 4 members (excludes halogenated alkanes) is 13. The number of rotatable bonds is 33. The Bertz CT molecular complexity index is 861. The Labute approximate surface area is 282 Å². The summed E-state index contributed by atoms with van der Waals surface area (Å²) in [6.45, 7) is 4.01. The van der Waals surface area contributed by atoms with Gasteiger partial charge < -0.3 is 21.1 Å². The topological polar surface area (TPSA) is 131 Å². The summed E-state index contributed by atoms with van der Waals surface area (Å²) >= 11 is 0. The third-order valence-electron chi connectivity index (χ3n) is 7.71. The van der Waals surface area contributed by atoms with E-state index in [9.17, 15) is 19.4 Å². The highest BCUT2D eigenvalue weighted by Crippen LogP contribution is 2.43. The Hall–Kier alpha value is -1.54. The number of nitrogens with two attached hydrogens (primary N) is 1. The van der Waals surface area contributed by atoms with Crippen molar-refractivity contribution in [2.24, 2.45) is 5.73 Å². The highest BCUT2D eigenvalue weighted by molar-refractivity contribution is 7.47. The molecule has 0 rings (SSSR count). The van der Waals surface area contributed by atoms with Crippen molar-refractivity contribution in [1.82, 2.24) is 5.32 Å². The van der Waals surface area contributed by atoms with Crippen LogP contribution in [0.1, 0.15) is 149 Å². The Morgan fingerprint density at radius 2 is 1.22 bits per heavy atom. The number of aliphatic hydroxyl groups excluding tert-OH is 1. The van der Waals surface area contributed by atoms with Gasteiger partial charge in [0, 0.05) is 13.0 Å². The Kier molecular flexibility index (Phi) is 32.2. The number of allylic oxidation sites excluding steroid dienone is 8. The number of aliphatic hydroxyl groups is 1. The van der Waals surface area contributed by atoms with Crippen molar-refractivity contribution in [1.29, 1.82) is 0 Å². The molecule has 46 heavy (non-hydrogen) atoms. The van der Waals surface area contributed by atoms with Crippen molar-refractivity contribution in [2.45, 2.75) is 161 Å². The fourth-order valence-electron chi connectivity index (χ4n) is 4.97. The first-order valence-electron chi connectivity index (χ1n) is 18.3. The zero-order valence-corrected chi connectivity index (χ0v) is 30.2. The van der Waals surface area contributed by atoms with E-state index in [4.69, 9.17) is 14.8 Å². The molecule has 0 aliphatic rings. The summed E-state index contributed by atoms with van der Waals surface area (Å²) in [5, 5.41) is 13.7. The standard InChI is InChI=1S/C37H69N2O6P/c1-3-5-7-9-11-13-15-17-19-20-22-24-26-28-30-36(40)35(34-45-46(42,43)44-33-32-38)39-37(41)31-29-27-25-23-21-18-16-14-12-10-8-6-4-2/h6,8,12,14,18,21,25,27,35-36,40H,3-5,7,9-11,13,15-17,19-20,22-24,26,28-34,38H2,1-2H3,(H,39,41)(H,42,43)/b8-6-,14-12-,21-18-,27-25-. The highest BCUT2D eigenvalue weighted by Gasteiger charge is 2.27. The largest absolute Gasteiger partial charge is 0.472 e. The van der Waals surface area contributed by atoms with E-state index in [2.05, 4.69) is 55.6 Å². The number of phosphoric ester groups is 1. The van der Waals surface area contributed by atoms with E-state index >= 15 is 0 Å². The third-order valence-corrected chi connectivity index (χ3v) is 8.69. The zero-order valence-electron chi connectivity index (χ0n) is 29.3. The van der Waals surface area contributed by atoms with E-state index in [1.165, 1.54) is 70.6 Å². The molecule has 0 aliphatic heterocycles. The summed E-state index contributed by atoms with van der Waals surface area (Å²) in [4.78, 5) is 22.5. The van der Waals surface area contributed by atoms with Crippen LogP contribution < -0.4 is 11.1 Å². The maximum atomic E-state index is 12.6. The summed E-state index contributed by atoms with van der Waals surface area (Å²) in [7, 11) is -4.33. The first kappa shape index (κ1) is 44.5. The number of carbonyl (C=O) groups is 1. The summed E-state index contributed by atoms with van der Waals surface area (Å²) in [5.41, 5.74) is 5.35. The number of hydrogen-bond acceptors (Lipinski definition) is 6. The number of phosphoric acid groups is 1. The Morgan fingerprint density at radius 3 is 1.72 bits per heavy atom. The molecule has 0 aliphatic carbocycles. The first-order valence-corrected chi connectivity index (χ1v) is 19.7. The average molecular weight is 669 g/mol. The van der Waals surface area contributed by atoms with Gasteiger partial charge in [-0.25, -0.2) is 4.57 Å². The minimum Gasteiger partial charge on any atom is -0.391 e. The van der Waals surface area contributed by atoms with Crippen LogP contribution in [0.15, 0.2) is 48.6 Å². The van der Waals surface area contributed by atoms with Gasteiger partial charge in [0.2, 0.25) is 5.91 Å². The van der Waals surface area contributed by atoms with Crippen molar-refractivity contribution in [3.05, 3.63) is 48.6 Å². The van der Waals surface area contributed by atoms with Gasteiger partial charge in [-0.3, -0.25) is 13.8 Å². The minimum absolute atomic E-state index is 0.0765. The normalized spacial score (nSPS) is 15.0. The quantitative estimate of drug-likeness (QED) is 0.0311. The van der Waals surface area contributed by atoms with Crippen LogP contribution in [0.3, 0.4) is 0 Å². The molecule has 0 radical (unpaired) electrons. The van der Waals surface area contributed by atoms with Crippen molar-refractivity contribution in [3.8, 4) is 0 Å². The van der Waals surface area contributed by atoms with Crippen LogP contribution in [0.4, 0.5) is 0 Å². The van der Waals surface area contributed by atoms with E-state index in [1.807, 2.05) is 12.2 Å². The van der Waals surface area contributed by atoms with Gasteiger partial charge in [-0.15, -0.1) is 0 Å². The van der Waals surface area contributed by atoms with Gasteiger partial charge in [-0.1, -0.05) is 152 Å². The summed E-state index contributed by atoms with van der Waals surface area (Å²) in [6.07, 6.45) is 38.5. The lowest BCUT2D eigenvalue weighted by atomic mass is 10.0. The SMILES string of the molecule is CC/C=C\C/C=C\C/C=C\C/C=C\CCC(=O)NC(COP(=O)(O)OCCN)C(O)CCCCCCCCCCCCCCCC. The van der Waals surface area contributed by atoms with E-state index in [0.29, 0.717) is 12.8 Å². The second kappa shape index (κ2) is 33.4. The van der Waals surface area contributed by atoms with E-state index in [0.717, 1.165) is 44.9 Å². The molecule has 5 N–H and O–H groups in total. The summed E-state index contributed by atoms with van der Waals surface area (Å²) in [6, 6.07) is -0.811. The lowest BCUT2D eigenvalue weighted by Crippen LogP contribution is -2.46. The molecule has 268 valence electrons. The number of hydrogen-bond donors (Lipinski definition) is 4. The molecule has 3 atom stereocenters. The van der Waals surface area contributed by atoms with Gasteiger partial charge in [-0.05, 0) is 38.5 Å². The lowest BCUT2D eigenvalue weighted by molar-refractivity contribution is -0.123. The van der Waals surface area contributed by atoms with Crippen LogP contribution in [0.5, 0.6) is 0 Å². The maximum Gasteiger partial charge on any atom is 0.472 e. The Balaban J connectivity index is 4.40. The molecule has 0 aromatic heterocycles. The van der Waals surface area contributed by atoms with E-state index in [-0.39, 0.29) is 32.1 Å². The molecule has 0 fully saturated rings. The second-order valence-electron chi connectivity index (χ2n) is 12.1. The van der Waals surface area contributed by atoms with Crippen molar-refractivity contribution in [2.75, 3.05) is 19.8 Å². The first-order chi connectivity index (χ1) is 22.4. The molecule has 0 heterocycles. The van der Waals surface area contributed by atoms with Crippen molar-refractivity contribution in [3.63, 3.8) is 0 Å². The zero-order chi connectivity index (χ0) is 34.0. The lowest BCUT2D eigenvalue weighted by Gasteiger charge is -2.25. The van der Waals surface area contributed by atoms with Gasteiger partial charge >= 0.3 is 7.82 Å². The molecule has 8 nitrogen and oxygen atoms in total. The van der Waals surface area contributed by atoms with Crippen LogP contribution in [-0.4, -0.2) is 47.8 Å². The van der Waals surface area contributed by atoms with E-state index < -0.39 is 20.0 Å². The predicted octanol–water partition coefficient (Wildman–Crippen LogP) is 9.38. The van der Waals surface area contributed by atoms with Crippen LogP contribution in [-0.2, 0) is 18.4 Å². The Morgan fingerprint density at radius 1 is 0.739 bits per heavy atom. The van der Waals surface area contributed by atoms with Gasteiger partial charge in [0.1, 0.15) is 0 Å². The molecule has 0 aromatic carbocycles. The van der Waals surface area contributed by atoms with Crippen molar-refractivity contribution >= 4 is 13.7 Å². The van der Waals surface area contributed by atoms with Crippen LogP contribution in [0.2, 0.25) is 0 Å². The molecule has 0 saturated heterocycles. The van der Waals surface area contributed by atoms with Gasteiger partial charge in [-0.2, -0.15) is 0 Å². The monoisotopic (exact) mass is 668 g/mol. The molecule has 0 bridgehead atoms. The van der Waals surface area contributed by atoms with Crippen molar-refractivity contribution < 1.29 is 28.4 Å². The molecule has 1 amide bonds. The number of carbonyl (C=O) groups excluding carboxylic acids is 1. The van der Waals surface area contributed by atoms with Crippen LogP contribution in [0, 0.1) is 0 Å². The average Bonchev–Trinajstić information content (AvgIpc) is 3.04. The minimum atomic E-state index is -4.33. The fraction of sp³-hybridized carbons (Fsp3) is 0.757. The molecule has 9 heteroatoms. The van der Waals surface area contributed by atoms with Gasteiger partial charge in [0.05, 0.1) is 25.4 Å². The maximum absolute atomic E-state index is 12.6. The van der Waals surface area contributed by atoms with Crippen LogP contribution >= 0.6 is 7.82 Å². The molecule has 0 spiro atoms. The van der Waals surface area contributed by atoms with Gasteiger partial charge in [0.15, 0.2) is 0 Å². The fourth-order valence-corrected chi connectivity index (χ4v) is 5.73. The molecule has 3 unspecified atom stereocenters. The third kappa shape index (κ3) is 31.1. The molecule has 0 aromatic rings. The molecule has 0 saturated carbocycles. The predicted molar refractivity (Wildman–Crippen MR) is 194 cm³/mol. The van der Waals surface area contributed by atoms with Gasteiger partial charge in [0.25, 0.3) is 0 Å². The number of nitrogens with one attached hydrogen (secondary N) is 1. The number of amides is 1.